The molecule has 0 heterocycles. The largest absolute Gasteiger partial charge is 0.0591 e. The maximum Gasteiger partial charge on any atom is -0.0132 e. The summed E-state index contributed by atoms with van der Waals surface area (Å²) < 4.78 is 0. The molecule has 0 nitrogen and oxygen atoms in total. The van der Waals surface area contributed by atoms with Crippen LogP contribution in [0.2, 0.25) is 0 Å². The van der Waals surface area contributed by atoms with Crippen LogP contribution < -0.4 is 0 Å². The van der Waals surface area contributed by atoms with Crippen LogP contribution in [-0.4, -0.2) is 0 Å². The molecule has 0 radical (unpaired) electrons. The van der Waals surface area contributed by atoms with E-state index in [4.69, 9.17) is 0 Å². The van der Waals surface area contributed by atoms with Gasteiger partial charge in [0.15, 0.2) is 0 Å². The molecule has 0 fully saturated rings. The lowest BCUT2D eigenvalue weighted by molar-refractivity contribution is 0.567. The SMILES string of the molecule is Cc1cc(C(C)(C)C)cc(C(C)(C)C)c1.Cc1ccc(C)cc1. The van der Waals surface area contributed by atoms with E-state index in [0.717, 1.165) is 0 Å². The van der Waals surface area contributed by atoms with Crippen LogP contribution in [0, 0.1) is 20.8 Å². The topological polar surface area (TPSA) is 0 Å². The molecule has 2 aromatic carbocycles. The van der Waals surface area contributed by atoms with Gasteiger partial charge in [0, 0.05) is 0 Å². The van der Waals surface area contributed by atoms with Gasteiger partial charge in [0.25, 0.3) is 0 Å². The van der Waals surface area contributed by atoms with Crippen LogP contribution in [0.15, 0.2) is 42.5 Å². The molecule has 0 saturated carbocycles. The first-order chi connectivity index (χ1) is 10.4. The summed E-state index contributed by atoms with van der Waals surface area (Å²) in [7, 11) is 0. The molecular weight excluding hydrogens is 276 g/mol. The normalized spacial score (nSPS) is 11.7. The molecule has 2 aromatic rings. The number of benzene rings is 2. The van der Waals surface area contributed by atoms with E-state index in [2.05, 4.69) is 105 Å². The van der Waals surface area contributed by atoms with Crippen molar-refractivity contribution < 1.29 is 0 Å². The number of aryl methyl sites for hydroxylation is 3. The monoisotopic (exact) mass is 310 g/mol. The molecular formula is C23H34. The number of hydrogen-bond acceptors (Lipinski definition) is 0. The molecule has 0 atom stereocenters. The minimum Gasteiger partial charge on any atom is -0.0591 e. The highest BCUT2D eigenvalue weighted by atomic mass is 14.2. The van der Waals surface area contributed by atoms with E-state index in [0.29, 0.717) is 0 Å². The molecule has 0 aliphatic rings. The van der Waals surface area contributed by atoms with E-state index in [1.54, 1.807) is 0 Å². The lowest BCUT2D eigenvalue weighted by Gasteiger charge is -2.25. The second-order valence-electron chi connectivity index (χ2n) is 8.74. The van der Waals surface area contributed by atoms with Crippen molar-refractivity contribution in [1.29, 1.82) is 0 Å². The van der Waals surface area contributed by atoms with E-state index >= 15 is 0 Å². The van der Waals surface area contributed by atoms with Crippen molar-refractivity contribution >= 4 is 0 Å². The Kier molecular flexibility index (Phi) is 6.22. The zero-order valence-corrected chi connectivity index (χ0v) is 16.5. The zero-order valence-electron chi connectivity index (χ0n) is 16.5. The molecule has 0 aliphatic heterocycles. The van der Waals surface area contributed by atoms with Gasteiger partial charge in [-0.05, 0) is 42.7 Å². The predicted octanol–water partition coefficient (Wildman–Crippen LogP) is 6.89. The average molecular weight is 311 g/mol. The average Bonchev–Trinajstić information content (AvgIpc) is 2.40. The Labute approximate surface area is 144 Å². The minimum atomic E-state index is 0.242. The van der Waals surface area contributed by atoms with E-state index in [9.17, 15) is 0 Å². The third-order valence-electron chi connectivity index (χ3n) is 4.03. The van der Waals surface area contributed by atoms with Crippen molar-refractivity contribution in [3.63, 3.8) is 0 Å². The van der Waals surface area contributed by atoms with Gasteiger partial charge in [-0.25, -0.2) is 0 Å². The molecule has 2 rings (SSSR count). The van der Waals surface area contributed by atoms with Gasteiger partial charge in [-0.1, -0.05) is 101 Å². The van der Waals surface area contributed by atoms with Gasteiger partial charge < -0.3 is 0 Å². The van der Waals surface area contributed by atoms with Gasteiger partial charge >= 0.3 is 0 Å². The molecule has 0 aromatic heterocycles. The number of hydrogen-bond donors (Lipinski definition) is 0. The van der Waals surface area contributed by atoms with E-state index in [1.807, 2.05) is 0 Å². The third-order valence-corrected chi connectivity index (χ3v) is 4.03. The van der Waals surface area contributed by atoms with E-state index < -0.39 is 0 Å². The molecule has 0 spiro atoms. The van der Waals surface area contributed by atoms with Crippen LogP contribution in [0.1, 0.15) is 69.4 Å². The Balaban J connectivity index is 0.000000277. The Morgan fingerprint density at radius 1 is 0.478 bits per heavy atom. The first-order valence-corrected chi connectivity index (χ1v) is 8.55. The first-order valence-electron chi connectivity index (χ1n) is 8.55. The summed E-state index contributed by atoms with van der Waals surface area (Å²) in [6.07, 6.45) is 0. The van der Waals surface area contributed by atoms with Crippen molar-refractivity contribution in [1.82, 2.24) is 0 Å². The Morgan fingerprint density at radius 3 is 1.04 bits per heavy atom. The maximum absolute atomic E-state index is 2.35. The van der Waals surface area contributed by atoms with Crippen molar-refractivity contribution in [3.8, 4) is 0 Å². The zero-order chi connectivity index (χ0) is 17.8. The summed E-state index contributed by atoms with van der Waals surface area (Å²) in [5, 5.41) is 0. The van der Waals surface area contributed by atoms with Crippen LogP contribution in [0.5, 0.6) is 0 Å². The van der Waals surface area contributed by atoms with Crippen molar-refractivity contribution in [2.45, 2.75) is 73.1 Å². The summed E-state index contributed by atoms with van der Waals surface area (Å²) in [5.41, 5.74) is 7.39. The smallest absolute Gasteiger partial charge is 0.0132 e. The molecule has 0 bridgehead atoms. The second-order valence-corrected chi connectivity index (χ2v) is 8.74. The Bertz CT molecular complexity index is 563. The first kappa shape index (κ1) is 19.5. The Morgan fingerprint density at radius 2 is 0.783 bits per heavy atom. The summed E-state index contributed by atoms with van der Waals surface area (Å²) in [6, 6.07) is 15.4. The third kappa shape index (κ3) is 6.60. The quantitative estimate of drug-likeness (QED) is 0.497. The predicted molar refractivity (Wildman–Crippen MR) is 104 cm³/mol. The van der Waals surface area contributed by atoms with Crippen molar-refractivity contribution in [3.05, 3.63) is 70.3 Å². The van der Waals surface area contributed by atoms with Crippen molar-refractivity contribution in [2.24, 2.45) is 0 Å². The highest BCUT2D eigenvalue weighted by Gasteiger charge is 2.19. The summed E-state index contributed by atoms with van der Waals surface area (Å²) >= 11 is 0. The van der Waals surface area contributed by atoms with Crippen LogP contribution in [0.25, 0.3) is 0 Å². The fourth-order valence-corrected chi connectivity index (χ4v) is 2.29. The molecule has 0 amide bonds. The van der Waals surface area contributed by atoms with Crippen LogP contribution in [0.3, 0.4) is 0 Å². The lowest BCUT2D eigenvalue weighted by atomic mass is 9.80. The molecule has 0 aliphatic carbocycles. The molecule has 126 valence electrons. The standard InChI is InChI=1S/C15H24.C8H10/c1-11-8-12(14(2,3)4)10-13(9-11)15(5,6)7;1-7-3-5-8(2)6-4-7/h8-10H,1-7H3;3-6H,1-2H3. The molecule has 0 unspecified atom stereocenters. The molecule has 0 saturated heterocycles. The van der Waals surface area contributed by atoms with Gasteiger partial charge in [0.2, 0.25) is 0 Å². The number of rotatable bonds is 0. The summed E-state index contributed by atoms with van der Waals surface area (Å²) in [6.45, 7) is 20.0. The fraction of sp³-hybridized carbons (Fsp3) is 0.478. The van der Waals surface area contributed by atoms with Gasteiger partial charge in [-0.2, -0.15) is 0 Å². The van der Waals surface area contributed by atoms with Crippen LogP contribution >= 0.6 is 0 Å². The summed E-state index contributed by atoms with van der Waals surface area (Å²) in [4.78, 5) is 0. The van der Waals surface area contributed by atoms with E-state index in [1.165, 1.54) is 27.8 Å². The van der Waals surface area contributed by atoms with Gasteiger partial charge in [-0.3, -0.25) is 0 Å². The van der Waals surface area contributed by atoms with E-state index in [-0.39, 0.29) is 10.8 Å². The fourth-order valence-electron chi connectivity index (χ4n) is 2.29. The van der Waals surface area contributed by atoms with Gasteiger partial charge in [0.05, 0.1) is 0 Å². The van der Waals surface area contributed by atoms with Gasteiger partial charge in [0.1, 0.15) is 0 Å². The minimum absolute atomic E-state index is 0.242. The second kappa shape index (κ2) is 7.34. The maximum atomic E-state index is 2.35. The van der Waals surface area contributed by atoms with Crippen LogP contribution in [0.4, 0.5) is 0 Å². The van der Waals surface area contributed by atoms with Crippen molar-refractivity contribution in [2.75, 3.05) is 0 Å². The molecule has 0 heteroatoms. The highest BCUT2D eigenvalue weighted by Crippen LogP contribution is 2.29. The lowest BCUT2D eigenvalue weighted by Crippen LogP contribution is -2.16. The molecule has 23 heavy (non-hydrogen) atoms. The summed E-state index contributed by atoms with van der Waals surface area (Å²) in [5.74, 6) is 0. The van der Waals surface area contributed by atoms with Gasteiger partial charge in [-0.15, -0.1) is 0 Å². The molecule has 0 N–H and O–H groups in total. The van der Waals surface area contributed by atoms with Crippen LogP contribution in [-0.2, 0) is 10.8 Å². The Hall–Kier alpha value is -1.56. The highest BCUT2D eigenvalue weighted by molar-refractivity contribution is 5.36.